The minimum absolute atomic E-state index is 0.160. The highest BCUT2D eigenvalue weighted by Gasteiger charge is 2.51. The Balaban J connectivity index is 1.32. The van der Waals surface area contributed by atoms with Crippen molar-refractivity contribution in [1.29, 1.82) is 0 Å². The zero-order valence-electron chi connectivity index (χ0n) is 19.2. The van der Waals surface area contributed by atoms with Gasteiger partial charge < -0.3 is 5.32 Å². The van der Waals surface area contributed by atoms with Crippen LogP contribution in [0.2, 0.25) is 0 Å². The maximum absolute atomic E-state index is 13.2. The molecular weight excluding hydrogens is 422 g/mol. The van der Waals surface area contributed by atoms with Crippen LogP contribution < -0.4 is 5.32 Å². The number of imide groups is 1. The summed E-state index contributed by atoms with van der Waals surface area (Å²) < 4.78 is 0. The number of piperidine rings is 1. The van der Waals surface area contributed by atoms with Gasteiger partial charge >= 0.3 is 0 Å². The van der Waals surface area contributed by atoms with Gasteiger partial charge in [-0.05, 0) is 68.5 Å². The number of rotatable bonds is 8. The molecule has 6 nitrogen and oxygen atoms in total. The molecule has 0 radical (unpaired) electrons. The van der Waals surface area contributed by atoms with Crippen molar-refractivity contribution in [2.45, 2.75) is 58.5 Å². The largest absolute Gasteiger partial charge is 0.354 e. The van der Waals surface area contributed by atoms with E-state index in [2.05, 4.69) is 27.7 Å². The monoisotopic (exact) mass is 457 g/mol. The molecule has 1 aromatic rings. The lowest BCUT2D eigenvalue weighted by Gasteiger charge is -2.32. The summed E-state index contributed by atoms with van der Waals surface area (Å²) in [6, 6.07) is 3.58. The average Bonchev–Trinajstić information content (AvgIpc) is 3.38. The van der Waals surface area contributed by atoms with E-state index in [1.165, 1.54) is 9.78 Å². The number of thiophene rings is 1. The third kappa shape index (κ3) is 5.15. The van der Waals surface area contributed by atoms with Gasteiger partial charge in [-0.15, -0.1) is 11.3 Å². The van der Waals surface area contributed by atoms with Crippen LogP contribution in [-0.2, 0) is 20.9 Å². The first-order valence-corrected chi connectivity index (χ1v) is 12.9. The molecule has 3 unspecified atom stereocenters. The van der Waals surface area contributed by atoms with Gasteiger partial charge in [0.2, 0.25) is 17.7 Å². The zero-order chi connectivity index (χ0) is 22.7. The first-order chi connectivity index (χ1) is 15.4. The molecule has 1 aliphatic carbocycles. The summed E-state index contributed by atoms with van der Waals surface area (Å²) in [6.45, 7) is 7.75. The Hall–Kier alpha value is -1.99. The van der Waals surface area contributed by atoms with Crippen molar-refractivity contribution < 1.29 is 14.4 Å². The molecule has 2 saturated heterocycles. The van der Waals surface area contributed by atoms with Gasteiger partial charge in [-0.1, -0.05) is 32.1 Å². The highest BCUT2D eigenvalue weighted by Crippen LogP contribution is 2.37. The Kier molecular flexibility index (Phi) is 7.46. The number of likely N-dealkylation sites (tertiary alicyclic amines) is 2. The Bertz CT molecular complexity index is 817. The van der Waals surface area contributed by atoms with Crippen molar-refractivity contribution in [3.05, 3.63) is 34.5 Å². The SMILES string of the molecule is CC(C)CC(C(=O)NCC1CCN(Cc2cccs2)CC1)N1C(=O)C2CC=CCC2C1=O. The molecule has 7 heteroatoms. The van der Waals surface area contributed by atoms with E-state index in [0.717, 1.165) is 32.5 Å². The second-order valence-electron chi connectivity index (χ2n) is 9.89. The Morgan fingerprint density at radius 1 is 1.12 bits per heavy atom. The van der Waals surface area contributed by atoms with E-state index in [1.54, 1.807) is 11.3 Å². The van der Waals surface area contributed by atoms with Crippen LogP contribution in [-0.4, -0.2) is 53.2 Å². The molecule has 1 N–H and O–H groups in total. The van der Waals surface area contributed by atoms with E-state index in [0.29, 0.717) is 31.7 Å². The third-order valence-electron chi connectivity index (χ3n) is 7.08. The highest BCUT2D eigenvalue weighted by molar-refractivity contribution is 7.09. The quantitative estimate of drug-likeness (QED) is 0.480. The normalized spacial score (nSPS) is 25.4. The fourth-order valence-electron chi connectivity index (χ4n) is 5.24. The number of fused-ring (bicyclic) bond motifs is 1. The predicted octanol–water partition coefficient (Wildman–Crippen LogP) is 3.44. The number of nitrogens with one attached hydrogen (secondary N) is 1. The number of amides is 3. The van der Waals surface area contributed by atoms with Gasteiger partial charge in [0.1, 0.15) is 6.04 Å². The second kappa shape index (κ2) is 10.3. The summed E-state index contributed by atoms with van der Waals surface area (Å²) in [7, 11) is 0. The molecule has 3 aliphatic rings. The molecule has 3 heterocycles. The van der Waals surface area contributed by atoms with Crippen LogP contribution in [0.25, 0.3) is 0 Å². The molecule has 32 heavy (non-hydrogen) atoms. The van der Waals surface area contributed by atoms with E-state index in [1.807, 2.05) is 26.0 Å². The van der Waals surface area contributed by atoms with Gasteiger partial charge in [0.05, 0.1) is 11.8 Å². The number of nitrogens with zero attached hydrogens (tertiary/aromatic N) is 2. The third-order valence-corrected chi connectivity index (χ3v) is 7.94. The summed E-state index contributed by atoms with van der Waals surface area (Å²) in [5.74, 6) is -0.417. The van der Waals surface area contributed by atoms with E-state index in [4.69, 9.17) is 0 Å². The minimum Gasteiger partial charge on any atom is -0.354 e. The average molecular weight is 458 g/mol. The molecule has 2 aliphatic heterocycles. The molecule has 0 saturated carbocycles. The summed E-state index contributed by atoms with van der Waals surface area (Å²) in [5, 5.41) is 5.22. The van der Waals surface area contributed by atoms with Crippen molar-refractivity contribution in [2.24, 2.45) is 23.7 Å². The van der Waals surface area contributed by atoms with Gasteiger partial charge in [0.15, 0.2) is 0 Å². The molecule has 0 aromatic carbocycles. The number of allylic oxidation sites excluding steroid dienone is 2. The lowest BCUT2D eigenvalue weighted by molar-refractivity contribution is -0.148. The Morgan fingerprint density at radius 2 is 1.78 bits per heavy atom. The van der Waals surface area contributed by atoms with Gasteiger partial charge in [-0.25, -0.2) is 0 Å². The van der Waals surface area contributed by atoms with Crippen LogP contribution >= 0.6 is 11.3 Å². The van der Waals surface area contributed by atoms with Crippen LogP contribution in [0.15, 0.2) is 29.7 Å². The van der Waals surface area contributed by atoms with E-state index < -0.39 is 6.04 Å². The maximum atomic E-state index is 13.2. The van der Waals surface area contributed by atoms with Crippen LogP contribution in [0.3, 0.4) is 0 Å². The highest BCUT2D eigenvalue weighted by atomic mass is 32.1. The van der Waals surface area contributed by atoms with E-state index in [9.17, 15) is 14.4 Å². The Labute approximate surface area is 195 Å². The van der Waals surface area contributed by atoms with Gasteiger partial charge in [-0.3, -0.25) is 24.2 Å². The minimum atomic E-state index is -0.695. The van der Waals surface area contributed by atoms with Crippen LogP contribution in [0, 0.1) is 23.7 Å². The molecule has 0 spiro atoms. The fraction of sp³-hybridized carbons (Fsp3) is 0.640. The summed E-state index contributed by atoms with van der Waals surface area (Å²) in [4.78, 5) is 44.4. The molecule has 174 valence electrons. The topological polar surface area (TPSA) is 69.7 Å². The lowest BCUT2D eigenvalue weighted by atomic mass is 9.85. The standard InChI is InChI=1S/C25H35N3O3S/c1-17(2)14-22(28-24(30)20-7-3-4-8-21(20)25(28)31)23(29)26-15-18-9-11-27(12-10-18)16-19-6-5-13-32-19/h3-6,13,17-18,20-22H,7-12,14-16H2,1-2H3,(H,26,29). The van der Waals surface area contributed by atoms with Crippen LogP contribution in [0.5, 0.6) is 0 Å². The molecule has 2 fully saturated rings. The number of hydrogen-bond acceptors (Lipinski definition) is 5. The lowest BCUT2D eigenvalue weighted by Crippen LogP contribution is -2.51. The van der Waals surface area contributed by atoms with Crippen LogP contribution in [0.1, 0.15) is 50.8 Å². The van der Waals surface area contributed by atoms with Crippen molar-refractivity contribution in [2.75, 3.05) is 19.6 Å². The van der Waals surface area contributed by atoms with Crippen molar-refractivity contribution >= 4 is 29.1 Å². The molecule has 4 rings (SSSR count). The zero-order valence-corrected chi connectivity index (χ0v) is 20.0. The van der Waals surface area contributed by atoms with Crippen LogP contribution in [0.4, 0.5) is 0 Å². The first kappa shape index (κ1) is 23.2. The summed E-state index contributed by atoms with van der Waals surface area (Å²) >= 11 is 1.80. The smallest absolute Gasteiger partial charge is 0.243 e. The number of carbonyl (C=O) groups excluding carboxylic acids is 3. The maximum Gasteiger partial charge on any atom is 0.243 e. The molecule has 3 amide bonds. The van der Waals surface area contributed by atoms with Gasteiger partial charge in [0, 0.05) is 18.0 Å². The predicted molar refractivity (Wildman–Crippen MR) is 126 cm³/mol. The number of carbonyl (C=O) groups is 3. The second-order valence-corrected chi connectivity index (χ2v) is 10.9. The number of hydrogen-bond donors (Lipinski definition) is 1. The Morgan fingerprint density at radius 3 is 2.34 bits per heavy atom. The van der Waals surface area contributed by atoms with E-state index >= 15 is 0 Å². The summed E-state index contributed by atoms with van der Waals surface area (Å²) in [5.41, 5.74) is 0. The van der Waals surface area contributed by atoms with Crippen molar-refractivity contribution in [3.63, 3.8) is 0 Å². The molecule has 1 aromatic heterocycles. The fourth-order valence-corrected chi connectivity index (χ4v) is 5.99. The first-order valence-electron chi connectivity index (χ1n) is 12.0. The van der Waals surface area contributed by atoms with E-state index in [-0.39, 0.29) is 35.5 Å². The van der Waals surface area contributed by atoms with Crippen molar-refractivity contribution in [1.82, 2.24) is 15.1 Å². The summed E-state index contributed by atoms with van der Waals surface area (Å²) in [6.07, 6.45) is 7.79. The molecule has 0 bridgehead atoms. The molecular formula is C25H35N3O3S. The van der Waals surface area contributed by atoms with Gasteiger partial charge in [-0.2, -0.15) is 0 Å². The van der Waals surface area contributed by atoms with Gasteiger partial charge in [0.25, 0.3) is 0 Å². The molecule has 3 atom stereocenters. The van der Waals surface area contributed by atoms with Crippen molar-refractivity contribution in [3.8, 4) is 0 Å².